The lowest BCUT2D eigenvalue weighted by molar-refractivity contribution is 0.180. The molecule has 0 fully saturated rings. The first-order chi connectivity index (χ1) is 9.15. The van der Waals surface area contributed by atoms with Gasteiger partial charge in [0.2, 0.25) is 0 Å². The fourth-order valence-corrected chi connectivity index (χ4v) is 2.61. The van der Waals surface area contributed by atoms with Crippen LogP contribution in [0.1, 0.15) is 37.8 Å². The molecular formula is C16H28N2O. The number of nitrogens with two attached hydrogens (primary N) is 1. The molecule has 0 aliphatic heterocycles. The molecule has 3 heteroatoms. The predicted molar refractivity (Wildman–Crippen MR) is 81.6 cm³/mol. The maximum atomic E-state index is 5.76. The molecule has 1 aromatic carbocycles. The van der Waals surface area contributed by atoms with E-state index in [4.69, 9.17) is 10.5 Å². The van der Waals surface area contributed by atoms with Crippen LogP contribution in [-0.2, 0) is 6.54 Å². The number of benzene rings is 1. The van der Waals surface area contributed by atoms with Gasteiger partial charge in [0.05, 0.1) is 7.11 Å². The molecule has 0 aliphatic carbocycles. The summed E-state index contributed by atoms with van der Waals surface area (Å²) in [5.74, 6) is 0.971. The van der Waals surface area contributed by atoms with Gasteiger partial charge in [-0.3, -0.25) is 4.90 Å². The van der Waals surface area contributed by atoms with Crippen LogP contribution in [-0.4, -0.2) is 31.1 Å². The van der Waals surface area contributed by atoms with Crippen molar-refractivity contribution in [1.82, 2.24) is 4.90 Å². The van der Waals surface area contributed by atoms with Crippen LogP contribution in [0.5, 0.6) is 5.75 Å². The fourth-order valence-electron chi connectivity index (χ4n) is 2.61. The van der Waals surface area contributed by atoms with E-state index < -0.39 is 0 Å². The van der Waals surface area contributed by atoms with E-state index in [-0.39, 0.29) is 0 Å². The van der Waals surface area contributed by atoms with Crippen molar-refractivity contribution in [2.24, 2.45) is 5.73 Å². The Morgan fingerprint density at radius 1 is 1.26 bits per heavy atom. The minimum Gasteiger partial charge on any atom is -0.496 e. The molecule has 19 heavy (non-hydrogen) atoms. The van der Waals surface area contributed by atoms with Crippen molar-refractivity contribution in [2.45, 2.75) is 46.2 Å². The van der Waals surface area contributed by atoms with Crippen LogP contribution in [0.15, 0.2) is 18.2 Å². The maximum absolute atomic E-state index is 5.76. The minimum absolute atomic E-state index is 0.591. The molecule has 0 saturated carbocycles. The van der Waals surface area contributed by atoms with E-state index in [1.54, 1.807) is 7.11 Å². The van der Waals surface area contributed by atoms with Crippen molar-refractivity contribution >= 4 is 0 Å². The molecule has 2 N–H and O–H groups in total. The monoisotopic (exact) mass is 264 g/mol. The second-order valence-electron chi connectivity index (χ2n) is 5.04. The van der Waals surface area contributed by atoms with Crippen LogP contribution < -0.4 is 10.5 Å². The highest BCUT2D eigenvalue weighted by molar-refractivity contribution is 5.36. The summed E-state index contributed by atoms with van der Waals surface area (Å²) in [6, 6.07) is 6.95. The average Bonchev–Trinajstić information content (AvgIpc) is 2.40. The highest BCUT2D eigenvalue weighted by Crippen LogP contribution is 2.23. The number of aryl methyl sites for hydroxylation is 1. The molecule has 3 nitrogen and oxygen atoms in total. The lowest BCUT2D eigenvalue weighted by atomic mass is 10.1. The zero-order chi connectivity index (χ0) is 14.3. The van der Waals surface area contributed by atoms with Gasteiger partial charge in [-0.15, -0.1) is 0 Å². The summed E-state index contributed by atoms with van der Waals surface area (Å²) in [4.78, 5) is 2.47. The van der Waals surface area contributed by atoms with E-state index in [0.717, 1.165) is 31.7 Å². The number of methoxy groups -OCH3 is 1. The smallest absolute Gasteiger partial charge is 0.123 e. The Labute approximate surface area is 117 Å². The number of hydrogen-bond donors (Lipinski definition) is 1. The van der Waals surface area contributed by atoms with Crippen molar-refractivity contribution in [3.63, 3.8) is 0 Å². The van der Waals surface area contributed by atoms with Gasteiger partial charge in [-0.05, 0) is 25.8 Å². The van der Waals surface area contributed by atoms with E-state index in [1.807, 2.05) is 0 Å². The Kier molecular flexibility index (Phi) is 6.89. The molecule has 0 bridgehead atoms. The van der Waals surface area contributed by atoms with Crippen molar-refractivity contribution in [1.29, 1.82) is 0 Å². The van der Waals surface area contributed by atoms with Gasteiger partial charge in [-0.1, -0.05) is 31.5 Å². The Hall–Kier alpha value is -1.06. The Bertz CT molecular complexity index is 375. The average molecular weight is 264 g/mol. The summed E-state index contributed by atoms with van der Waals surface area (Å²) >= 11 is 0. The molecule has 0 aliphatic rings. The molecule has 0 radical (unpaired) electrons. The quantitative estimate of drug-likeness (QED) is 0.784. The predicted octanol–water partition coefficient (Wildman–Crippen LogP) is 2.95. The molecule has 1 rings (SSSR count). The van der Waals surface area contributed by atoms with Gasteiger partial charge in [0, 0.05) is 31.2 Å². The second-order valence-corrected chi connectivity index (χ2v) is 5.04. The Morgan fingerprint density at radius 3 is 2.47 bits per heavy atom. The van der Waals surface area contributed by atoms with Gasteiger partial charge < -0.3 is 10.5 Å². The van der Waals surface area contributed by atoms with Gasteiger partial charge in [0.25, 0.3) is 0 Å². The molecule has 0 spiro atoms. The number of hydrogen-bond acceptors (Lipinski definition) is 3. The topological polar surface area (TPSA) is 38.5 Å². The lowest BCUT2D eigenvalue weighted by Crippen LogP contribution is -2.37. The molecule has 0 unspecified atom stereocenters. The third-order valence-corrected chi connectivity index (χ3v) is 3.68. The van der Waals surface area contributed by atoms with Crippen LogP contribution in [0.2, 0.25) is 0 Å². The highest BCUT2D eigenvalue weighted by atomic mass is 16.5. The summed E-state index contributed by atoms with van der Waals surface area (Å²) < 4.78 is 5.47. The Balaban J connectivity index is 2.91. The van der Waals surface area contributed by atoms with Crippen LogP contribution in [0.3, 0.4) is 0 Å². The molecule has 0 amide bonds. The molecule has 0 heterocycles. The summed E-state index contributed by atoms with van der Waals surface area (Å²) in [7, 11) is 1.73. The Morgan fingerprint density at radius 2 is 1.95 bits per heavy atom. The van der Waals surface area contributed by atoms with E-state index in [0.29, 0.717) is 12.6 Å². The second kappa shape index (κ2) is 8.18. The minimum atomic E-state index is 0.591. The number of rotatable bonds is 8. The third-order valence-electron chi connectivity index (χ3n) is 3.68. The first-order valence-electron chi connectivity index (χ1n) is 7.23. The maximum Gasteiger partial charge on any atom is 0.123 e. The molecule has 0 atom stereocenters. The third kappa shape index (κ3) is 4.51. The summed E-state index contributed by atoms with van der Waals surface area (Å²) in [5.41, 5.74) is 8.28. The number of ether oxygens (including phenoxy) is 1. The van der Waals surface area contributed by atoms with E-state index in [2.05, 4.69) is 43.9 Å². The van der Waals surface area contributed by atoms with E-state index in [1.165, 1.54) is 11.1 Å². The largest absolute Gasteiger partial charge is 0.496 e. The van der Waals surface area contributed by atoms with Gasteiger partial charge in [0.15, 0.2) is 0 Å². The van der Waals surface area contributed by atoms with Crippen LogP contribution in [0.25, 0.3) is 0 Å². The van der Waals surface area contributed by atoms with Gasteiger partial charge in [0.1, 0.15) is 5.75 Å². The number of nitrogens with zero attached hydrogens (tertiary/aromatic N) is 1. The van der Waals surface area contributed by atoms with Crippen molar-refractivity contribution < 1.29 is 4.74 Å². The van der Waals surface area contributed by atoms with E-state index >= 15 is 0 Å². The zero-order valence-electron chi connectivity index (χ0n) is 12.8. The summed E-state index contributed by atoms with van der Waals surface area (Å²) in [5, 5.41) is 0. The van der Waals surface area contributed by atoms with Crippen LogP contribution >= 0.6 is 0 Å². The van der Waals surface area contributed by atoms with Crippen LogP contribution in [0.4, 0.5) is 0 Å². The SMILES string of the molecule is CCC(CC)N(CCN)Cc1cc(C)ccc1OC. The van der Waals surface area contributed by atoms with Crippen molar-refractivity contribution in [3.8, 4) is 5.75 Å². The van der Waals surface area contributed by atoms with E-state index in [9.17, 15) is 0 Å². The molecule has 108 valence electrons. The molecular weight excluding hydrogens is 236 g/mol. The highest BCUT2D eigenvalue weighted by Gasteiger charge is 2.16. The summed E-state index contributed by atoms with van der Waals surface area (Å²) in [6.45, 7) is 9.14. The van der Waals surface area contributed by atoms with Gasteiger partial charge in [-0.25, -0.2) is 0 Å². The van der Waals surface area contributed by atoms with Gasteiger partial charge in [-0.2, -0.15) is 0 Å². The lowest BCUT2D eigenvalue weighted by Gasteiger charge is -2.30. The standard InChI is InChI=1S/C16H28N2O/c1-5-15(6-2)18(10-9-17)12-14-11-13(3)7-8-16(14)19-4/h7-8,11,15H,5-6,9-10,12,17H2,1-4H3. The van der Waals surface area contributed by atoms with Crippen molar-refractivity contribution in [3.05, 3.63) is 29.3 Å². The molecule has 0 aromatic heterocycles. The first-order valence-corrected chi connectivity index (χ1v) is 7.23. The first kappa shape index (κ1) is 16.0. The van der Waals surface area contributed by atoms with Crippen molar-refractivity contribution in [2.75, 3.05) is 20.2 Å². The fraction of sp³-hybridized carbons (Fsp3) is 0.625. The molecule has 1 aromatic rings. The zero-order valence-corrected chi connectivity index (χ0v) is 12.8. The molecule has 0 saturated heterocycles. The van der Waals surface area contributed by atoms with Gasteiger partial charge >= 0.3 is 0 Å². The van der Waals surface area contributed by atoms with Crippen LogP contribution in [0, 0.1) is 6.92 Å². The normalized spacial score (nSPS) is 11.3. The summed E-state index contributed by atoms with van der Waals surface area (Å²) in [6.07, 6.45) is 2.31.